The summed E-state index contributed by atoms with van der Waals surface area (Å²) < 4.78 is 6.60. The van der Waals surface area contributed by atoms with E-state index < -0.39 is 0 Å². The minimum atomic E-state index is -0.336. The number of benzene rings is 2. The molecule has 0 aliphatic heterocycles. The predicted octanol–water partition coefficient (Wildman–Crippen LogP) is 3.24. The number of hydrogen-bond acceptors (Lipinski definition) is 4. The van der Waals surface area contributed by atoms with E-state index >= 15 is 0 Å². The maximum absolute atomic E-state index is 12.4. The second-order valence-electron chi connectivity index (χ2n) is 6.08. The van der Waals surface area contributed by atoms with Crippen molar-refractivity contribution in [1.29, 1.82) is 0 Å². The number of nitrogens with one attached hydrogen (secondary N) is 2. The van der Waals surface area contributed by atoms with E-state index in [0.29, 0.717) is 16.8 Å². The Bertz CT molecular complexity index is 960. The van der Waals surface area contributed by atoms with Gasteiger partial charge in [-0.1, -0.05) is 17.7 Å². The quantitative estimate of drug-likeness (QED) is 0.728. The zero-order valence-electron chi connectivity index (χ0n) is 15.3. The molecule has 1 aromatic heterocycles. The van der Waals surface area contributed by atoms with Gasteiger partial charge in [-0.3, -0.25) is 14.3 Å². The zero-order valence-corrected chi connectivity index (χ0v) is 15.3. The zero-order chi connectivity index (χ0) is 19.4. The Kier molecular flexibility index (Phi) is 5.21. The van der Waals surface area contributed by atoms with Gasteiger partial charge in [0.2, 0.25) is 5.88 Å². The number of carbonyl (C=O) groups excluding carboxylic acids is 2. The second kappa shape index (κ2) is 7.74. The fraction of sp³-hybridized carbons (Fsp3) is 0.150. The van der Waals surface area contributed by atoms with Gasteiger partial charge in [0.1, 0.15) is 5.56 Å². The molecule has 0 fully saturated rings. The molecule has 7 nitrogen and oxygen atoms in total. The van der Waals surface area contributed by atoms with E-state index in [9.17, 15) is 9.59 Å². The molecular formula is C20H20N4O3. The summed E-state index contributed by atoms with van der Waals surface area (Å²) in [6.07, 6.45) is 1.58. The molecule has 1 heterocycles. The van der Waals surface area contributed by atoms with Crippen LogP contribution in [0.5, 0.6) is 5.88 Å². The number of hydrogen-bond donors (Lipinski definition) is 2. The van der Waals surface area contributed by atoms with Crippen LogP contribution < -0.4 is 15.4 Å². The number of aromatic nitrogens is 2. The fourth-order valence-electron chi connectivity index (χ4n) is 2.52. The van der Waals surface area contributed by atoms with E-state index in [1.165, 1.54) is 11.8 Å². The molecule has 0 saturated heterocycles. The summed E-state index contributed by atoms with van der Waals surface area (Å²) in [4.78, 5) is 24.7. The maximum atomic E-state index is 12.4. The molecule has 7 heteroatoms. The van der Waals surface area contributed by atoms with Gasteiger partial charge in [-0.25, -0.2) is 0 Å². The summed E-state index contributed by atoms with van der Waals surface area (Å²) in [5.74, 6) is -0.299. The second-order valence-corrected chi connectivity index (χ2v) is 6.08. The number of aryl methyl sites for hydroxylation is 2. The van der Waals surface area contributed by atoms with Crippen molar-refractivity contribution in [3.05, 3.63) is 71.4 Å². The van der Waals surface area contributed by atoms with Gasteiger partial charge in [0.05, 0.1) is 7.11 Å². The Labute approximate surface area is 157 Å². The van der Waals surface area contributed by atoms with Crippen molar-refractivity contribution in [3.63, 3.8) is 0 Å². The molecule has 27 heavy (non-hydrogen) atoms. The SMILES string of the molecule is COc1nn(C)cc1C(=O)Nc1ccc(C(=O)Nc2ccc(C)cc2)cc1. The summed E-state index contributed by atoms with van der Waals surface area (Å²) >= 11 is 0. The first-order chi connectivity index (χ1) is 13.0. The highest BCUT2D eigenvalue weighted by Gasteiger charge is 2.16. The number of methoxy groups -OCH3 is 1. The molecule has 3 rings (SSSR count). The third-order valence-corrected chi connectivity index (χ3v) is 3.95. The Hall–Kier alpha value is -3.61. The van der Waals surface area contributed by atoms with E-state index in [-0.39, 0.29) is 17.7 Å². The molecule has 0 unspecified atom stereocenters. The van der Waals surface area contributed by atoms with E-state index in [0.717, 1.165) is 11.3 Å². The smallest absolute Gasteiger partial charge is 0.262 e. The van der Waals surface area contributed by atoms with Crippen LogP contribution in [0.1, 0.15) is 26.3 Å². The summed E-state index contributed by atoms with van der Waals surface area (Å²) in [5, 5.41) is 9.65. The standard InChI is InChI=1S/C20H20N4O3/c1-13-4-8-15(9-5-13)21-18(25)14-6-10-16(11-7-14)22-19(26)17-12-24(2)23-20(17)27-3/h4-12H,1-3H3,(H,21,25)(H,22,26). The molecule has 3 aromatic rings. The van der Waals surface area contributed by atoms with E-state index in [2.05, 4.69) is 15.7 Å². The topological polar surface area (TPSA) is 85.2 Å². The summed E-state index contributed by atoms with van der Waals surface area (Å²) in [5.41, 5.74) is 3.25. The minimum absolute atomic E-state index is 0.217. The van der Waals surface area contributed by atoms with E-state index in [1.54, 1.807) is 37.5 Å². The molecule has 138 valence electrons. The molecule has 0 aliphatic rings. The van der Waals surface area contributed by atoms with Crippen LogP contribution in [0.2, 0.25) is 0 Å². The van der Waals surface area contributed by atoms with Gasteiger partial charge in [-0.2, -0.15) is 0 Å². The first-order valence-corrected chi connectivity index (χ1v) is 8.33. The Morgan fingerprint density at radius 3 is 2.07 bits per heavy atom. The first-order valence-electron chi connectivity index (χ1n) is 8.33. The largest absolute Gasteiger partial charge is 0.479 e. The predicted molar refractivity (Wildman–Crippen MR) is 103 cm³/mol. The molecule has 2 aromatic carbocycles. The highest BCUT2D eigenvalue weighted by atomic mass is 16.5. The van der Waals surface area contributed by atoms with Crippen molar-refractivity contribution >= 4 is 23.2 Å². The van der Waals surface area contributed by atoms with Gasteiger partial charge in [-0.15, -0.1) is 5.10 Å². The van der Waals surface area contributed by atoms with Crippen LogP contribution in [0.15, 0.2) is 54.7 Å². The summed E-state index contributed by atoms with van der Waals surface area (Å²) in [6, 6.07) is 14.2. The Morgan fingerprint density at radius 1 is 0.926 bits per heavy atom. The average molecular weight is 364 g/mol. The van der Waals surface area contributed by atoms with Crippen LogP contribution in [0.4, 0.5) is 11.4 Å². The van der Waals surface area contributed by atoms with Crippen molar-refractivity contribution in [2.45, 2.75) is 6.92 Å². The van der Waals surface area contributed by atoms with Gasteiger partial charge >= 0.3 is 0 Å². The average Bonchev–Trinajstić information content (AvgIpc) is 3.05. The van der Waals surface area contributed by atoms with Crippen molar-refractivity contribution in [3.8, 4) is 5.88 Å². The molecule has 0 atom stereocenters. The van der Waals surface area contributed by atoms with Crippen LogP contribution in [0.3, 0.4) is 0 Å². The number of amides is 2. The van der Waals surface area contributed by atoms with Crippen LogP contribution in [0.25, 0.3) is 0 Å². The Morgan fingerprint density at radius 2 is 1.48 bits per heavy atom. The fourth-order valence-corrected chi connectivity index (χ4v) is 2.52. The number of rotatable bonds is 5. The molecule has 0 aliphatic carbocycles. The third-order valence-electron chi connectivity index (χ3n) is 3.95. The highest BCUT2D eigenvalue weighted by Crippen LogP contribution is 2.18. The molecule has 0 radical (unpaired) electrons. The lowest BCUT2D eigenvalue weighted by Gasteiger charge is -2.08. The van der Waals surface area contributed by atoms with Crippen molar-refractivity contribution in [2.24, 2.45) is 7.05 Å². The number of nitrogens with zero attached hydrogens (tertiary/aromatic N) is 2. The summed E-state index contributed by atoms with van der Waals surface area (Å²) in [7, 11) is 3.17. The normalized spacial score (nSPS) is 10.3. The molecule has 0 spiro atoms. The van der Waals surface area contributed by atoms with Gasteiger partial charge in [0, 0.05) is 30.2 Å². The highest BCUT2D eigenvalue weighted by molar-refractivity contribution is 6.07. The van der Waals surface area contributed by atoms with Gasteiger partial charge < -0.3 is 15.4 Å². The van der Waals surface area contributed by atoms with Crippen molar-refractivity contribution < 1.29 is 14.3 Å². The number of anilines is 2. The molecule has 0 saturated carbocycles. The first kappa shape index (κ1) is 18.2. The number of ether oxygens (including phenoxy) is 1. The van der Waals surface area contributed by atoms with Crippen LogP contribution >= 0.6 is 0 Å². The van der Waals surface area contributed by atoms with Crippen molar-refractivity contribution in [2.75, 3.05) is 17.7 Å². The lowest BCUT2D eigenvalue weighted by molar-refractivity contribution is 0.101. The van der Waals surface area contributed by atoms with E-state index in [1.807, 2.05) is 31.2 Å². The molecule has 2 amide bonds. The lowest BCUT2D eigenvalue weighted by atomic mass is 10.1. The molecular weight excluding hydrogens is 344 g/mol. The summed E-state index contributed by atoms with van der Waals surface area (Å²) in [6.45, 7) is 1.99. The van der Waals surface area contributed by atoms with E-state index in [4.69, 9.17) is 4.74 Å². The van der Waals surface area contributed by atoms with Crippen LogP contribution in [-0.4, -0.2) is 28.7 Å². The van der Waals surface area contributed by atoms with Crippen molar-refractivity contribution in [1.82, 2.24) is 9.78 Å². The lowest BCUT2D eigenvalue weighted by Crippen LogP contribution is -2.14. The molecule has 0 bridgehead atoms. The van der Waals surface area contributed by atoms with Crippen LogP contribution in [-0.2, 0) is 7.05 Å². The van der Waals surface area contributed by atoms with Gasteiger partial charge in [-0.05, 0) is 43.3 Å². The maximum Gasteiger partial charge on any atom is 0.262 e. The monoisotopic (exact) mass is 364 g/mol. The number of carbonyl (C=O) groups is 2. The third kappa shape index (κ3) is 4.33. The van der Waals surface area contributed by atoms with Gasteiger partial charge in [0.15, 0.2) is 0 Å². The Balaban J connectivity index is 1.66. The van der Waals surface area contributed by atoms with Gasteiger partial charge in [0.25, 0.3) is 11.8 Å². The minimum Gasteiger partial charge on any atom is -0.479 e. The molecule has 2 N–H and O–H groups in total. The van der Waals surface area contributed by atoms with Crippen LogP contribution in [0, 0.1) is 6.92 Å².